The average Bonchev–Trinajstić information content (AvgIpc) is 2.64. The molecule has 1 aliphatic heterocycles. The third-order valence-electron chi connectivity index (χ3n) is 4.63. The molecule has 0 aliphatic carbocycles. The van der Waals surface area contributed by atoms with Crippen LogP contribution in [0.3, 0.4) is 0 Å². The summed E-state index contributed by atoms with van der Waals surface area (Å²) < 4.78 is 11.4. The van der Waals surface area contributed by atoms with Crippen LogP contribution in [0.1, 0.15) is 44.6 Å². The van der Waals surface area contributed by atoms with Crippen LogP contribution < -0.4 is 14.8 Å². The molecule has 2 rings (SSSR count). The molecule has 0 radical (unpaired) electrons. The lowest BCUT2D eigenvalue weighted by atomic mass is 10.1. The Kier molecular flexibility index (Phi) is 9.00. The van der Waals surface area contributed by atoms with E-state index in [9.17, 15) is 0 Å². The van der Waals surface area contributed by atoms with Gasteiger partial charge in [-0.1, -0.05) is 25.8 Å². The van der Waals surface area contributed by atoms with Crippen LogP contribution in [0.25, 0.3) is 0 Å². The van der Waals surface area contributed by atoms with Gasteiger partial charge in [0.15, 0.2) is 11.5 Å². The number of nitrogens with zero attached hydrogens (tertiary/aromatic N) is 1. The van der Waals surface area contributed by atoms with Crippen LogP contribution >= 0.6 is 0 Å². The minimum atomic E-state index is 0.772. The number of nitrogens with one attached hydrogen (secondary N) is 1. The molecular weight excluding hydrogens is 300 g/mol. The van der Waals surface area contributed by atoms with Crippen molar-refractivity contribution < 1.29 is 9.47 Å². The fourth-order valence-electron chi connectivity index (χ4n) is 3.12. The number of benzene rings is 1. The normalized spacial score (nSPS) is 15.4. The quantitative estimate of drug-likeness (QED) is 0.628. The Labute approximate surface area is 147 Å². The number of hydrogen-bond donors (Lipinski definition) is 1. The van der Waals surface area contributed by atoms with Gasteiger partial charge in [0.25, 0.3) is 0 Å². The van der Waals surface area contributed by atoms with Crippen molar-refractivity contribution >= 4 is 0 Å². The van der Waals surface area contributed by atoms with Crippen molar-refractivity contribution in [3.63, 3.8) is 0 Å². The van der Waals surface area contributed by atoms with E-state index in [-0.39, 0.29) is 0 Å². The highest BCUT2D eigenvalue weighted by atomic mass is 16.5. The minimum Gasteiger partial charge on any atom is -0.493 e. The van der Waals surface area contributed by atoms with Crippen LogP contribution in [0.5, 0.6) is 11.5 Å². The summed E-state index contributed by atoms with van der Waals surface area (Å²) in [5.74, 6) is 1.74. The van der Waals surface area contributed by atoms with Crippen LogP contribution in [-0.2, 0) is 6.42 Å². The van der Waals surface area contributed by atoms with Crippen molar-refractivity contribution in [2.45, 2.75) is 45.4 Å². The molecule has 4 nitrogen and oxygen atoms in total. The average molecular weight is 335 g/mol. The smallest absolute Gasteiger partial charge is 0.161 e. The molecular formula is C20H34N2O2. The molecule has 0 bridgehead atoms. The molecule has 0 saturated carbocycles. The number of rotatable bonds is 11. The van der Waals surface area contributed by atoms with Gasteiger partial charge in [-0.25, -0.2) is 0 Å². The molecule has 1 saturated heterocycles. The van der Waals surface area contributed by atoms with E-state index in [0.717, 1.165) is 44.0 Å². The highest BCUT2D eigenvalue weighted by molar-refractivity contribution is 5.43. The van der Waals surface area contributed by atoms with Gasteiger partial charge in [-0.15, -0.1) is 0 Å². The number of piperazine rings is 1. The van der Waals surface area contributed by atoms with Gasteiger partial charge in [0.05, 0.1) is 13.7 Å². The predicted molar refractivity (Wildman–Crippen MR) is 100 cm³/mol. The number of aryl methyl sites for hydroxylation is 1. The van der Waals surface area contributed by atoms with E-state index < -0.39 is 0 Å². The number of hydrogen-bond acceptors (Lipinski definition) is 4. The lowest BCUT2D eigenvalue weighted by Crippen LogP contribution is -2.43. The highest BCUT2D eigenvalue weighted by Crippen LogP contribution is 2.29. The van der Waals surface area contributed by atoms with E-state index >= 15 is 0 Å². The Morgan fingerprint density at radius 2 is 1.88 bits per heavy atom. The lowest BCUT2D eigenvalue weighted by Gasteiger charge is -2.27. The first-order valence-electron chi connectivity index (χ1n) is 9.56. The summed E-state index contributed by atoms with van der Waals surface area (Å²) in [6, 6.07) is 6.39. The van der Waals surface area contributed by atoms with Crippen molar-refractivity contribution in [3.05, 3.63) is 23.8 Å². The monoisotopic (exact) mass is 334 g/mol. The molecule has 24 heavy (non-hydrogen) atoms. The zero-order chi connectivity index (χ0) is 17.0. The molecule has 0 atom stereocenters. The van der Waals surface area contributed by atoms with E-state index in [1.807, 2.05) is 0 Å². The third-order valence-corrected chi connectivity index (χ3v) is 4.63. The Balaban J connectivity index is 1.72. The fourth-order valence-corrected chi connectivity index (χ4v) is 3.12. The van der Waals surface area contributed by atoms with Crippen molar-refractivity contribution in [2.24, 2.45) is 0 Å². The van der Waals surface area contributed by atoms with Gasteiger partial charge in [-0.3, -0.25) is 0 Å². The Bertz CT molecular complexity index is 459. The van der Waals surface area contributed by atoms with E-state index in [2.05, 4.69) is 35.3 Å². The lowest BCUT2D eigenvalue weighted by molar-refractivity contribution is 0.237. The number of unbranched alkanes of at least 4 members (excludes halogenated alkanes) is 3. The Morgan fingerprint density at radius 3 is 2.62 bits per heavy atom. The second-order valence-electron chi connectivity index (χ2n) is 6.59. The maximum absolute atomic E-state index is 5.85. The summed E-state index contributed by atoms with van der Waals surface area (Å²) in [5, 5.41) is 3.40. The maximum atomic E-state index is 5.85. The van der Waals surface area contributed by atoms with Gasteiger partial charge in [0.1, 0.15) is 0 Å². The van der Waals surface area contributed by atoms with Crippen LogP contribution in [0.15, 0.2) is 18.2 Å². The number of ether oxygens (including phenoxy) is 2. The molecule has 1 N–H and O–H groups in total. The first-order valence-corrected chi connectivity index (χ1v) is 9.56. The largest absolute Gasteiger partial charge is 0.493 e. The fraction of sp³-hybridized carbons (Fsp3) is 0.700. The molecule has 1 aliphatic rings. The van der Waals surface area contributed by atoms with Gasteiger partial charge in [0, 0.05) is 26.2 Å². The van der Waals surface area contributed by atoms with E-state index in [0.29, 0.717) is 0 Å². The van der Waals surface area contributed by atoms with Gasteiger partial charge >= 0.3 is 0 Å². The summed E-state index contributed by atoms with van der Waals surface area (Å²) >= 11 is 0. The molecule has 1 heterocycles. The third kappa shape index (κ3) is 6.70. The Hall–Kier alpha value is -1.26. The SMILES string of the molecule is CCCCCOc1ccc(CCCCN2CCNCC2)cc1OC. The van der Waals surface area contributed by atoms with E-state index in [4.69, 9.17) is 9.47 Å². The van der Waals surface area contributed by atoms with Crippen molar-refractivity contribution in [2.75, 3.05) is 46.4 Å². The Morgan fingerprint density at radius 1 is 1.04 bits per heavy atom. The second-order valence-corrected chi connectivity index (χ2v) is 6.59. The zero-order valence-electron chi connectivity index (χ0n) is 15.5. The second kappa shape index (κ2) is 11.3. The van der Waals surface area contributed by atoms with Crippen LogP contribution in [0.2, 0.25) is 0 Å². The van der Waals surface area contributed by atoms with Crippen molar-refractivity contribution in [3.8, 4) is 11.5 Å². The molecule has 0 amide bonds. The van der Waals surface area contributed by atoms with Gasteiger partial charge in [0.2, 0.25) is 0 Å². The molecule has 1 aromatic rings. The standard InChI is InChI=1S/C20H34N2O2/c1-3-4-7-16-24-19-10-9-18(17-20(19)23-2)8-5-6-13-22-14-11-21-12-15-22/h9-10,17,21H,3-8,11-16H2,1-2H3. The summed E-state index contributed by atoms with van der Waals surface area (Å²) in [7, 11) is 1.72. The summed E-state index contributed by atoms with van der Waals surface area (Å²) in [5.41, 5.74) is 1.34. The number of methoxy groups -OCH3 is 1. The van der Waals surface area contributed by atoms with E-state index in [1.165, 1.54) is 50.9 Å². The van der Waals surface area contributed by atoms with Crippen molar-refractivity contribution in [1.82, 2.24) is 10.2 Å². The maximum Gasteiger partial charge on any atom is 0.161 e. The minimum absolute atomic E-state index is 0.772. The van der Waals surface area contributed by atoms with E-state index in [1.54, 1.807) is 7.11 Å². The van der Waals surface area contributed by atoms with Crippen LogP contribution in [-0.4, -0.2) is 51.3 Å². The van der Waals surface area contributed by atoms with Crippen LogP contribution in [0.4, 0.5) is 0 Å². The van der Waals surface area contributed by atoms with Gasteiger partial charge in [-0.2, -0.15) is 0 Å². The first kappa shape index (κ1) is 19.1. The predicted octanol–water partition coefficient (Wildman–Crippen LogP) is 3.49. The molecule has 1 aromatic carbocycles. The topological polar surface area (TPSA) is 33.7 Å². The molecule has 4 heteroatoms. The summed E-state index contributed by atoms with van der Waals surface area (Å²) in [6.45, 7) is 8.85. The molecule has 136 valence electrons. The molecule has 0 spiro atoms. The highest BCUT2D eigenvalue weighted by Gasteiger charge is 2.09. The molecule has 0 aromatic heterocycles. The zero-order valence-corrected chi connectivity index (χ0v) is 15.5. The summed E-state index contributed by atoms with van der Waals surface area (Å²) in [4.78, 5) is 2.56. The summed E-state index contributed by atoms with van der Waals surface area (Å²) in [6.07, 6.45) is 7.13. The first-order chi connectivity index (χ1) is 11.8. The van der Waals surface area contributed by atoms with Crippen molar-refractivity contribution in [1.29, 1.82) is 0 Å². The van der Waals surface area contributed by atoms with Gasteiger partial charge in [-0.05, 0) is 49.9 Å². The molecule has 1 fully saturated rings. The van der Waals surface area contributed by atoms with Gasteiger partial charge < -0.3 is 19.7 Å². The van der Waals surface area contributed by atoms with Crippen LogP contribution in [0, 0.1) is 0 Å². The molecule has 0 unspecified atom stereocenters.